The van der Waals surface area contributed by atoms with Gasteiger partial charge in [-0.3, -0.25) is 9.69 Å². The number of ketones is 1. The lowest BCUT2D eigenvalue weighted by Crippen LogP contribution is -2.51. The third kappa shape index (κ3) is 4.32. The predicted molar refractivity (Wildman–Crippen MR) is 117 cm³/mol. The molecule has 0 bridgehead atoms. The van der Waals surface area contributed by atoms with Crippen LogP contribution in [0.4, 0.5) is 18.0 Å². The molecule has 2 aliphatic rings. The molecule has 33 heavy (non-hydrogen) atoms. The highest BCUT2D eigenvalue weighted by Gasteiger charge is 2.49. The fourth-order valence-electron chi connectivity index (χ4n) is 4.25. The highest BCUT2D eigenvalue weighted by atomic mass is 19.4. The highest BCUT2D eigenvalue weighted by molar-refractivity contribution is 6.23. The molecular weight excluding hydrogens is 435 g/mol. The van der Waals surface area contributed by atoms with Crippen LogP contribution in [0.25, 0.3) is 5.70 Å². The fraction of sp³-hybridized carbons (Fsp3) is 0.333. The lowest BCUT2D eigenvalue weighted by atomic mass is 9.92. The summed E-state index contributed by atoms with van der Waals surface area (Å²) in [4.78, 5) is 30.2. The van der Waals surface area contributed by atoms with E-state index in [1.54, 1.807) is 48.5 Å². The maximum atomic E-state index is 13.5. The predicted octanol–water partition coefficient (Wildman–Crippen LogP) is 4.21. The Labute approximate surface area is 189 Å². The summed E-state index contributed by atoms with van der Waals surface area (Å²) in [5.74, 6) is 0.181. The summed E-state index contributed by atoms with van der Waals surface area (Å²) in [6.07, 6.45) is -4.63. The van der Waals surface area contributed by atoms with Gasteiger partial charge in [-0.15, -0.1) is 0 Å². The maximum Gasteiger partial charge on any atom is 0.406 e. The van der Waals surface area contributed by atoms with E-state index >= 15 is 0 Å². The van der Waals surface area contributed by atoms with Crippen molar-refractivity contribution in [2.24, 2.45) is 0 Å². The first kappa shape index (κ1) is 22.8. The second-order valence-electron chi connectivity index (χ2n) is 8.34. The summed E-state index contributed by atoms with van der Waals surface area (Å²) in [5, 5.41) is 0. The minimum Gasteiger partial charge on any atom is -0.492 e. The van der Waals surface area contributed by atoms with E-state index in [1.807, 2.05) is 19.0 Å². The molecule has 0 fully saturated rings. The molecule has 2 aromatic rings. The van der Waals surface area contributed by atoms with Crippen molar-refractivity contribution >= 4 is 17.5 Å². The molecule has 2 aromatic carbocycles. The van der Waals surface area contributed by atoms with Gasteiger partial charge in [0.1, 0.15) is 18.9 Å². The smallest absolute Gasteiger partial charge is 0.406 e. The third-order valence-electron chi connectivity index (χ3n) is 5.73. The highest BCUT2D eigenvalue weighted by Crippen LogP contribution is 2.47. The Morgan fingerprint density at radius 1 is 1.00 bits per heavy atom. The SMILES string of the molecule is CN(C)CCOc1ccc(C2C3=C(c4ccccc4C3=O)N(C)C(=O)N2CC(F)(F)F)cc1. The molecule has 1 heterocycles. The van der Waals surface area contributed by atoms with Crippen molar-refractivity contribution in [1.29, 1.82) is 0 Å². The van der Waals surface area contributed by atoms with Crippen LogP contribution in [0, 0.1) is 0 Å². The largest absolute Gasteiger partial charge is 0.492 e. The van der Waals surface area contributed by atoms with Gasteiger partial charge in [-0.2, -0.15) is 13.2 Å². The molecule has 0 saturated carbocycles. The molecule has 0 N–H and O–H groups in total. The summed E-state index contributed by atoms with van der Waals surface area (Å²) in [7, 11) is 5.23. The van der Waals surface area contributed by atoms with Gasteiger partial charge in [0.15, 0.2) is 5.78 Å². The van der Waals surface area contributed by atoms with Crippen molar-refractivity contribution in [2.75, 3.05) is 40.8 Å². The normalized spacial score (nSPS) is 18.2. The molecule has 0 spiro atoms. The maximum absolute atomic E-state index is 13.5. The van der Waals surface area contributed by atoms with Crippen LogP contribution in [0.1, 0.15) is 27.5 Å². The second-order valence-corrected chi connectivity index (χ2v) is 8.34. The van der Waals surface area contributed by atoms with Crippen LogP contribution in [0.5, 0.6) is 5.75 Å². The van der Waals surface area contributed by atoms with Crippen molar-refractivity contribution in [3.05, 3.63) is 70.8 Å². The lowest BCUT2D eigenvalue weighted by molar-refractivity contribution is -0.144. The molecule has 1 unspecified atom stereocenters. The van der Waals surface area contributed by atoms with Gasteiger partial charge in [0, 0.05) is 24.7 Å². The molecule has 0 radical (unpaired) electrons. The zero-order chi connectivity index (χ0) is 23.9. The number of alkyl halides is 3. The van der Waals surface area contributed by atoms with E-state index < -0.39 is 24.8 Å². The average molecular weight is 459 g/mol. The standard InChI is InChI=1S/C24H24F3N3O3/c1-28(2)12-13-33-16-10-8-15(9-11-16)20-19-21(17-6-4-5-7-18(17)22(19)31)29(3)23(32)30(20)14-24(25,26)27/h4-11,20H,12-14H2,1-3H3. The summed E-state index contributed by atoms with van der Waals surface area (Å²) in [6, 6.07) is 11.3. The first-order valence-corrected chi connectivity index (χ1v) is 10.5. The number of nitrogens with zero attached hydrogens (tertiary/aromatic N) is 3. The first-order chi connectivity index (χ1) is 15.6. The van der Waals surface area contributed by atoms with Crippen molar-refractivity contribution in [2.45, 2.75) is 12.2 Å². The van der Waals surface area contributed by atoms with Crippen LogP contribution in [-0.4, -0.2) is 73.5 Å². The van der Waals surface area contributed by atoms with Crippen LogP contribution in [0.2, 0.25) is 0 Å². The Hall–Kier alpha value is -3.33. The number of rotatable bonds is 6. The number of halogens is 3. The average Bonchev–Trinajstić information content (AvgIpc) is 3.04. The van der Waals surface area contributed by atoms with E-state index in [4.69, 9.17) is 4.74 Å². The number of amides is 2. The number of carbonyl (C=O) groups excluding carboxylic acids is 2. The Kier molecular flexibility index (Phi) is 5.92. The van der Waals surface area contributed by atoms with Crippen molar-refractivity contribution in [3.8, 4) is 5.75 Å². The number of carbonyl (C=O) groups is 2. The zero-order valence-corrected chi connectivity index (χ0v) is 18.5. The molecule has 1 aliphatic carbocycles. The quantitative estimate of drug-likeness (QED) is 0.650. The number of hydrogen-bond acceptors (Lipinski definition) is 4. The number of benzene rings is 2. The fourth-order valence-corrected chi connectivity index (χ4v) is 4.25. The number of hydrogen-bond donors (Lipinski definition) is 0. The molecule has 4 rings (SSSR count). The summed E-state index contributed by atoms with van der Waals surface area (Å²) in [5.41, 5.74) is 1.87. The Morgan fingerprint density at radius 2 is 1.64 bits per heavy atom. The van der Waals surface area contributed by atoms with E-state index in [9.17, 15) is 22.8 Å². The van der Waals surface area contributed by atoms with Crippen molar-refractivity contribution < 1.29 is 27.5 Å². The van der Waals surface area contributed by atoms with Gasteiger partial charge < -0.3 is 14.5 Å². The monoisotopic (exact) mass is 459 g/mol. The molecule has 6 nitrogen and oxygen atoms in total. The summed E-state index contributed by atoms with van der Waals surface area (Å²) >= 11 is 0. The molecule has 1 atom stereocenters. The molecule has 2 amide bonds. The van der Waals surface area contributed by atoms with Crippen LogP contribution in [-0.2, 0) is 0 Å². The summed E-state index contributed by atoms with van der Waals surface area (Å²) < 4.78 is 46.1. The zero-order valence-electron chi connectivity index (χ0n) is 18.5. The van der Waals surface area contributed by atoms with Crippen LogP contribution in [0.3, 0.4) is 0 Å². The van der Waals surface area contributed by atoms with E-state index in [-0.39, 0.29) is 11.4 Å². The van der Waals surface area contributed by atoms with E-state index in [1.165, 1.54) is 7.05 Å². The topological polar surface area (TPSA) is 53.1 Å². The summed E-state index contributed by atoms with van der Waals surface area (Å²) in [6.45, 7) is -0.321. The van der Waals surface area contributed by atoms with Gasteiger partial charge >= 0.3 is 12.2 Å². The lowest BCUT2D eigenvalue weighted by Gasteiger charge is -2.41. The van der Waals surface area contributed by atoms with Crippen molar-refractivity contribution in [1.82, 2.24) is 14.7 Å². The van der Waals surface area contributed by atoms with Gasteiger partial charge in [-0.25, -0.2) is 4.79 Å². The van der Waals surface area contributed by atoms with Crippen LogP contribution < -0.4 is 4.74 Å². The van der Waals surface area contributed by atoms with Gasteiger partial charge in [0.05, 0.1) is 17.3 Å². The molecule has 174 valence electrons. The van der Waals surface area contributed by atoms with Gasteiger partial charge in [0.25, 0.3) is 0 Å². The van der Waals surface area contributed by atoms with Crippen LogP contribution in [0.15, 0.2) is 54.1 Å². The Bertz CT molecular complexity index is 1110. The Balaban J connectivity index is 1.77. The molecule has 1 aliphatic heterocycles. The van der Waals surface area contributed by atoms with E-state index in [2.05, 4.69) is 0 Å². The first-order valence-electron chi connectivity index (χ1n) is 10.5. The minimum absolute atomic E-state index is 0.170. The number of urea groups is 1. The van der Waals surface area contributed by atoms with E-state index in [0.717, 1.165) is 4.90 Å². The number of Topliss-reactive ketones (excluding diaryl/α,β-unsaturated/α-hetero) is 1. The number of ether oxygens (including phenoxy) is 1. The number of likely N-dealkylation sites (N-methyl/N-ethyl adjacent to an activating group) is 1. The van der Waals surface area contributed by atoms with Gasteiger partial charge in [-0.05, 0) is 31.8 Å². The molecular formula is C24H24F3N3O3. The molecule has 0 saturated heterocycles. The third-order valence-corrected chi connectivity index (χ3v) is 5.73. The second kappa shape index (κ2) is 8.55. The van der Waals surface area contributed by atoms with Crippen LogP contribution >= 0.6 is 0 Å². The Morgan fingerprint density at radius 3 is 2.24 bits per heavy atom. The molecule has 9 heteroatoms. The molecule has 0 aromatic heterocycles. The van der Waals surface area contributed by atoms with E-state index in [0.29, 0.717) is 46.2 Å². The van der Waals surface area contributed by atoms with Crippen molar-refractivity contribution in [3.63, 3.8) is 0 Å². The van der Waals surface area contributed by atoms with Gasteiger partial charge in [-0.1, -0.05) is 36.4 Å². The minimum atomic E-state index is -4.63. The number of fused-ring (bicyclic) bond motifs is 2. The van der Waals surface area contributed by atoms with Gasteiger partial charge in [0.2, 0.25) is 0 Å².